The first-order valence-corrected chi connectivity index (χ1v) is 5.49. The lowest BCUT2D eigenvalue weighted by atomic mass is 10.1. The van der Waals surface area contributed by atoms with Crippen molar-refractivity contribution in [1.82, 2.24) is 4.72 Å². The molecule has 0 unspecified atom stereocenters. The second kappa shape index (κ2) is 2.97. The van der Waals surface area contributed by atoms with Crippen LogP contribution in [0, 0.1) is 0 Å². The van der Waals surface area contributed by atoms with E-state index in [-0.39, 0.29) is 0 Å². The minimum absolute atomic E-state index is 0.632. The van der Waals surface area contributed by atoms with Gasteiger partial charge >= 0.3 is 6.18 Å². The lowest BCUT2D eigenvalue weighted by molar-refractivity contribution is -0.138. The van der Waals surface area contributed by atoms with E-state index in [9.17, 15) is 26.4 Å². The normalized spacial score (nSPS) is 18.1. The summed E-state index contributed by atoms with van der Waals surface area (Å²) in [6.45, 7) is 0. The predicted molar refractivity (Wildman–Crippen MR) is 46.1 cm³/mol. The fourth-order valence-corrected chi connectivity index (χ4v) is 2.64. The number of alkyl halides is 3. The summed E-state index contributed by atoms with van der Waals surface area (Å²) < 4.78 is 61.5. The van der Waals surface area contributed by atoms with Crippen LogP contribution < -0.4 is 4.72 Å². The third kappa shape index (κ3) is 1.45. The van der Waals surface area contributed by atoms with Crippen molar-refractivity contribution in [1.29, 1.82) is 0 Å². The first kappa shape index (κ1) is 10.9. The van der Waals surface area contributed by atoms with Crippen molar-refractivity contribution in [3.05, 3.63) is 29.3 Å². The van der Waals surface area contributed by atoms with Crippen LogP contribution in [0.5, 0.6) is 0 Å². The first-order chi connectivity index (χ1) is 7.23. The molecule has 1 aromatic rings. The highest BCUT2D eigenvalue weighted by atomic mass is 32.2. The van der Waals surface area contributed by atoms with Gasteiger partial charge < -0.3 is 0 Å². The fraction of sp³-hybridized carbons (Fsp3) is 0.125. The van der Waals surface area contributed by atoms with E-state index in [1.165, 1.54) is 4.72 Å². The Balaban J connectivity index is 2.82. The zero-order chi connectivity index (χ0) is 12.1. The van der Waals surface area contributed by atoms with E-state index < -0.39 is 38.1 Å². The Morgan fingerprint density at radius 2 is 1.81 bits per heavy atom. The highest BCUT2D eigenvalue weighted by Crippen LogP contribution is 2.36. The van der Waals surface area contributed by atoms with E-state index in [4.69, 9.17) is 0 Å². The quantitative estimate of drug-likeness (QED) is 0.752. The van der Waals surface area contributed by atoms with Gasteiger partial charge in [-0.15, -0.1) is 0 Å². The Labute approximate surface area is 88.1 Å². The van der Waals surface area contributed by atoms with Crippen molar-refractivity contribution in [3.63, 3.8) is 0 Å². The third-order valence-electron chi connectivity index (χ3n) is 2.08. The number of fused-ring (bicyclic) bond motifs is 1. The van der Waals surface area contributed by atoms with Crippen molar-refractivity contribution in [3.8, 4) is 0 Å². The van der Waals surface area contributed by atoms with Gasteiger partial charge in [0.2, 0.25) is 0 Å². The van der Waals surface area contributed by atoms with Crippen molar-refractivity contribution >= 4 is 15.9 Å². The number of amides is 1. The molecule has 1 aliphatic heterocycles. The maximum absolute atomic E-state index is 12.5. The second-order valence-electron chi connectivity index (χ2n) is 3.11. The molecule has 0 radical (unpaired) electrons. The predicted octanol–water partition coefficient (Wildman–Crippen LogP) is 1.14. The number of sulfonamides is 1. The lowest BCUT2D eigenvalue weighted by Crippen LogP contribution is -2.21. The van der Waals surface area contributed by atoms with Gasteiger partial charge in [-0.3, -0.25) is 4.79 Å². The minimum atomic E-state index is -4.76. The number of nitrogens with one attached hydrogen (secondary N) is 1. The van der Waals surface area contributed by atoms with Crippen LogP contribution in [-0.4, -0.2) is 14.3 Å². The Kier molecular flexibility index (Phi) is 2.03. The molecule has 86 valence electrons. The monoisotopic (exact) mass is 251 g/mol. The van der Waals surface area contributed by atoms with E-state index in [2.05, 4.69) is 0 Å². The first-order valence-electron chi connectivity index (χ1n) is 4.01. The second-order valence-corrected chi connectivity index (χ2v) is 4.76. The SMILES string of the molecule is O=C1NS(=O)(=O)c2cccc(C(F)(F)F)c21. The molecule has 0 saturated carbocycles. The van der Waals surface area contributed by atoms with Gasteiger partial charge in [-0.25, -0.2) is 13.1 Å². The van der Waals surface area contributed by atoms with Crippen LogP contribution in [-0.2, 0) is 16.2 Å². The minimum Gasteiger partial charge on any atom is -0.268 e. The molecular formula is C8H4F3NO3S. The number of hydrogen-bond donors (Lipinski definition) is 1. The molecule has 1 heterocycles. The molecule has 1 N–H and O–H groups in total. The van der Waals surface area contributed by atoms with Crippen LogP contribution >= 0.6 is 0 Å². The number of carbonyl (C=O) groups excluding carboxylic acids is 1. The Hall–Kier alpha value is -1.57. The molecular weight excluding hydrogens is 247 g/mol. The Morgan fingerprint density at radius 3 is 2.38 bits per heavy atom. The molecule has 0 aromatic heterocycles. The summed E-state index contributed by atoms with van der Waals surface area (Å²) in [4.78, 5) is 10.5. The average Bonchev–Trinajstić information content (AvgIpc) is 2.36. The summed E-state index contributed by atoms with van der Waals surface area (Å²) in [6, 6.07) is 2.57. The molecule has 4 nitrogen and oxygen atoms in total. The van der Waals surface area contributed by atoms with E-state index in [0.29, 0.717) is 6.07 Å². The summed E-state index contributed by atoms with van der Waals surface area (Å²) in [5, 5.41) is 0. The van der Waals surface area contributed by atoms with Gasteiger partial charge in [0, 0.05) is 0 Å². The van der Waals surface area contributed by atoms with Crippen molar-refractivity contribution in [2.75, 3.05) is 0 Å². The van der Waals surface area contributed by atoms with Gasteiger partial charge in [0.25, 0.3) is 15.9 Å². The standard InChI is InChI=1S/C8H4F3NO3S/c9-8(10,11)4-2-1-3-5-6(4)7(13)12-16(5,14)15/h1-3H,(H,12,13). The van der Waals surface area contributed by atoms with E-state index >= 15 is 0 Å². The number of halogens is 3. The largest absolute Gasteiger partial charge is 0.417 e. The van der Waals surface area contributed by atoms with E-state index in [0.717, 1.165) is 12.1 Å². The lowest BCUT2D eigenvalue weighted by Gasteiger charge is -2.08. The van der Waals surface area contributed by atoms with Crippen LogP contribution in [0.3, 0.4) is 0 Å². The zero-order valence-electron chi connectivity index (χ0n) is 7.50. The van der Waals surface area contributed by atoms with Gasteiger partial charge in [-0.05, 0) is 12.1 Å². The Bertz CT molecular complexity index is 577. The summed E-state index contributed by atoms with van der Waals surface area (Å²) in [5.74, 6) is -1.25. The maximum Gasteiger partial charge on any atom is 0.417 e. The van der Waals surface area contributed by atoms with E-state index in [1.807, 2.05) is 0 Å². The molecule has 2 rings (SSSR count). The fourth-order valence-electron chi connectivity index (χ4n) is 1.45. The highest BCUT2D eigenvalue weighted by Gasteiger charge is 2.42. The van der Waals surface area contributed by atoms with Crippen LogP contribution in [0.2, 0.25) is 0 Å². The molecule has 1 amide bonds. The topological polar surface area (TPSA) is 63.2 Å². The molecule has 0 atom stereocenters. The molecule has 8 heteroatoms. The molecule has 0 fully saturated rings. The molecule has 0 aliphatic carbocycles. The van der Waals surface area contributed by atoms with Crippen LogP contribution in [0.15, 0.2) is 23.1 Å². The summed E-state index contributed by atoms with van der Waals surface area (Å²) in [7, 11) is -4.14. The van der Waals surface area contributed by atoms with Gasteiger partial charge in [-0.1, -0.05) is 6.07 Å². The highest BCUT2D eigenvalue weighted by molar-refractivity contribution is 7.90. The molecule has 1 aromatic carbocycles. The van der Waals surface area contributed by atoms with E-state index in [1.54, 1.807) is 0 Å². The van der Waals surface area contributed by atoms with Crippen molar-refractivity contribution in [2.24, 2.45) is 0 Å². The van der Waals surface area contributed by atoms with Crippen LogP contribution in [0.4, 0.5) is 13.2 Å². The number of hydrogen-bond acceptors (Lipinski definition) is 3. The van der Waals surface area contributed by atoms with Crippen molar-refractivity contribution in [2.45, 2.75) is 11.1 Å². The van der Waals surface area contributed by atoms with Crippen molar-refractivity contribution < 1.29 is 26.4 Å². The summed E-state index contributed by atoms with van der Waals surface area (Å²) in [6.07, 6.45) is -4.76. The van der Waals surface area contributed by atoms with Gasteiger partial charge in [-0.2, -0.15) is 13.2 Å². The average molecular weight is 251 g/mol. The zero-order valence-corrected chi connectivity index (χ0v) is 8.32. The maximum atomic E-state index is 12.5. The molecule has 0 bridgehead atoms. The summed E-state index contributed by atoms with van der Waals surface area (Å²) in [5.41, 5.74) is -2.08. The van der Waals surface area contributed by atoms with Crippen LogP contribution in [0.1, 0.15) is 15.9 Å². The van der Waals surface area contributed by atoms with Crippen LogP contribution in [0.25, 0.3) is 0 Å². The van der Waals surface area contributed by atoms with Gasteiger partial charge in [0.05, 0.1) is 11.1 Å². The molecule has 0 saturated heterocycles. The molecule has 1 aliphatic rings. The number of rotatable bonds is 0. The van der Waals surface area contributed by atoms with Gasteiger partial charge in [0.15, 0.2) is 0 Å². The smallest absolute Gasteiger partial charge is 0.268 e. The molecule has 0 spiro atoms. The Morgan fingerprint density at radius 1 is 1.19 bits per heavy atom. The summed E-state index contributed by atoms with van der Waals surface area (Å²) >= 11 is 0. The number of benzene rings is 1. The number of carbonyl (C=O) groups is 1. The molecule has 16 heavy (non-hydrogen) atoms. The van der Waals surface area contributed by atoms with Gasteiger partial charge in [0.1, 0.15) is 4.90 Å². The third-order valence-corrected chi connectivity index (χ3v) is 3.45.